The fourth-order valence-electron chi connectivity index (χ4n) is 1.58. The molecule has 0 saturated heterocycles. The van der Waals surface area contributed by atoms with E-state index in [0.717, 1.165) is 12.1 Å². The summed E-state index contributed by atoms with van der Waals surface area (Å²) in [7, 11) is 0. The van der Waals surface area contributed by atoms with Crippen molar-refractivity contribution in [2.24, 2.45) is 0 Å². The molecular formula is C14H12F2O3. The minimum atomic E-state index is -0.578. The second-order valence-corrected chi connectivity index (χ2v) is 4.04. The SMILES string of the molecule is Oc1ccc(COCc2ccc(O)cc2F)c(F)c1. The van der Waals surface area contributed by atoms with Gasteiger partial charge in [0.1, 0.15) is 23.1 Å². The van der Waals surface area contributed by atoms with E-state index >= 15 is 0 Å². The molecule has 2 aromatic rings. The summed E-state index contributed by atoms with van der Waals surface area (Å²) in [5, 5.41) is 18.1. The van der Waals surface area contributed by atoms with E-state index < -0.39 is 11.6 Å². The Morgan fingerprint density at radius 1 is 0.789 bits per heavy atom. The third-order valence-electron chi connectivity index (χ3n) is 2.59. The summed E-state index contributed by atoms with van der Waals surface area (Å²) < 4.78 is 31.9. The van der Waals surface area contributed by atoms with Crippen molar-refractivity contribution in [3.8, 4) is 11.5 Å². The van der Waals surface area contributed by atoms with Gasteiger partial charge in [-0.2, -0.15) is 0 Å². The van der Waals surface area contributed by atoms with Gasteiger partial charge >= 0.3 is 0 Å². The molecule has 19 heavy (non-hydrogen) atoms. The first-order chi connectivity index (χ1) is 9.06. The van der Waals surface area contributed by atoms with Crippen LogP contribution < -0.4 is 0 Å². The predicted octanol–water partition coefficient (Wildman–Crippen LogP) is 3.09. The van der Waals surface area contributed by atoms with Crippen molar-refractivity contribution in [3.63, 3.8) is 0 Å². The zero-order valence-corrected chi connectivity index (χ0v) is 9.94. The van der Waals surface area contributed by atoms with Crippen molar-refractivity contribution in [2.75, 3.05) is 0 Å². The average Bonchev–Trinajstić information content (AvgIpc) is 2.34. The smallest absolute Gasteiger partial charge is 0.132 e. The second-order valence-electron chi connectivity index (χ2n) is 4.04. The van der Waals surface area contributed by atoms with Crippen LogP contribution in [0, 0.1) is 11.6 Å². The maximum absolute atomic E-state index is 13.4. The summed E-state index contributed by atoms with van der Waals surface area (Å²) in [4.78, 5) is 0. The van der Waals surface area contributed by atoms with E-state index in [0.29, 0.717) is 0 Å². The lowest BCUT2D eigenvalue weighted by Gasteiger charge is -2.07. The molecule has 100 valence electrons. The molecule has 0 unspecified atom stereocenters. The Hall–Kier alpha value is -2.14. The maximum atomic E-state index is 13.4. The Morgan fingerprint density at radius 2 is 1.21 bits per heavy atom. The number of aromatic hydroxyl groups is 2. The predicted molar refractivity (Wildman–Crippen MR) is 64.6 cm³/mol. The van der Waals surface area contributed by atoms with Crippen LogP contribution in [0.2, 0.25) is 0 Å². The first-order valence-electron chi connectivity index (χ1n) is 5.59. The van der Waals surface area contributed by atoms with Crippen molar-refractivity contribution >= 4 is 0 Å². The van der Waals surface area contributed by atoms with Crippen molar-refractivity contribution in [1.82, 2.24) is 0 Å². The molecule has 2 rings (SSSR count). The van der Waals surface area contributed by atoms with Gasteiger partial charge in [0.2, 0.25) is 0 Å². The molecule has 0 aliphatic carbocycles. The van der Waals surface area contributed by atoms with Crippen LogP contribution in [-0.4, -0.2) is 10.2 Å². The molecule has 0 fully saturated rings. The van der Waals surface area contributed by atoms with Gasteiger partial charge in [0.15, 0.2) is 0 Å². The van der Waals surface area contributed by atoms with Crippen LogP contribution in [0.4, 0.5) is 8.78 Å². The number of halogens is 2. The molecule has 0 aromatic heterocycles. The quantitative estimate of drug-likeness (QED) is 0.894. The fraction of sp³-hybridized carbons (Fsp3) is 0.143. The molecule has 5 heteroatoms. The van der Waals surface area contributed by atoms with E-state index in [2.05, 4.69) is 0 Å². The summed E-state index contributed by atoms with van der Waals surface area (Å²) in [5.41, 5.74) is 0.550. The zero-order chi connectivity index (χ0) is 13.8. The molecule has 0 bridgehead atoms. The van der Waals surface area contributed by atoms with Gasteiger partial charge in [-0.15, -0.1) is 0 Å². The summed E-state index contributed by atoms with van der Waals surface area (Å²) >= 11 is 0. The first-order valence-corrected chi connectivity index (χ1v) is 5.59. The third kappa shape index (κ3) is 3.42. The van der Waals surface area contributed by atoms with Crippen molar-refractivity contribution in [1.29, 1.82) is 0 Å². The zero-order valence-electron chi connectivity index (χ0n) is 9.94. The molecule has 0 spiro atoms. The molecule has 0 radical (unpaired) electrons. The number of hydrogen-bond acceptors (Lipinski definition) is 3. The van der Waals surface area contributed by atoms with E-state index in [-0.39, 0.29) is 35.8 Å². The Kier molecular flexibility index (Phi) is 3.97. The van der Waals surface area contributed by atoms with Crippen LogP contribution in [0.3, 0.4) is 0 Å². The number of ether oxygens (including phenoxy) is 1. The highest BCUT2D eigenvalue weighted by atomic mass is 19.1. The second kappa shape index (κ2) is 5.67. The monoisotopic (exact) mass is 266 g/mol. The molecule has 0 aliphatic heterocycles. The number of hydrogen-bond donors (Lipinski definition) is 2. The summed E-state index contributed by atoms with van der Waals surface area (Å²) in [6, 6.07) is 7.47. The normalized spacial score (nSPS) is 10.6. The Morgan fingerprint density at radius 3 is 1.58 bits per heavy atom. The molecule has 0 saturated carbocycles. The van der Waals surface area contributed by atoms with E-state index in [1.807, 2.05) is 0 Å². The highest BCUT2D eigenvalue weighted by molar-refractivity contribution is 5.28. The topological polar surface area (TPSA) is 49.7 Å². The van der Waals surface area contributed by atoms with Gasteiger partial charge in [0.05, 0.1) is 13.2 Å². The van der Waals surface area contributed by atoms with Crippen LogP contribution in [0.15, 0.2) is 36.4 Å². The van der Waals surface area contributed by atoms with Gasteiger partial charge in [-0.1, -0.05) is 12.1 Å². The van der Waals surface area contributed by atoms with Gasteiger partial charge in [0, 0.05) is 23.3 Å². The van der Waals surface area contributed by atoms with Gasteiger partial charge in [-0.25, -0.2) is 8.78 Å². The van der Waals surface area contributed by atoms with E-state index in [1.54, 1.807) is 0 Å². The molecule has 3 nitrogen and oxygen atoms in total. The Labute approximate surface area is 108 Å². The number of rotatable bonds is 4. The standard InChI is InChI=1S/C14H12F2O3/c15-13-5-11(17)3-1-9(13)7-19-8-10-2-4-12(18)6-14(10)16/h1-6,17-18H,7-8H2. The molecule has 2 N–H and O–H groups in total. The van der Waals surface area contributed by atoms with Gasteiger partial charge in [-0.05, 0) is 12.1 Å². The minimum Gasteiger partial charge on any atom is -0.508 e. The number of benzene rings is 2. The number of phenolic OH excluding ortho intramolecular Hbond substituents is 2. The van der Waals surface area contributed by atoms with Crippen LogP contribution >= 0.6 is 0 Å². The minimum absolute atomic E-state index is 0.0353. The highest BCUT2D eigenvalue weighted by Crippen LogP contribution is 2.18. The molecule has 0 aliphatic rings. The lowest BCUT2D eigenvalue weighted by atomic mass is 10.2. The van der Waals surface area contributed by atoms with Crippen molar-refractivity contribution in [2.45, 2.75) is 13.2 Å². The Balaban J connectivity index is 1.96. The van der Waals surface area contributed by atoms with Gasteiger partial charge in [-0.3, -0.25) is 0 Å². The first kappa shape index (κ1) is 13.3. The summed E-state index contributed by atoms with van der Waals surface area (Å²) in [5.74, 6) is -1.48. The van der Waals surface area contributed by atoms with E-state index in [9.17, 15) is 8.78 Å². The van der Waals surface area contributed by atoms with Crippen molar-refractivity contribution < 1.29 is 23.7 Å². The Bertz CT molecular complexity index is 533. The van der Waals surface area contributed by atoms with E-state index in [4.69, 9.17) is 14.9 Å². The average molecular weight is 266 g/mol. The third-order valence-corrected chi connectivity index (χ3v) is 2.59. The molecule has 0 atom stereocenters. The molecule has 0 amide bonds. The fourth-order valence-corrected chi connectivity index (χ4v) is 1.58. The highest BCUT2D eigenvalue weighted by Gasteiger charge is 2.06. The summed E-state index contributed by atoms with van der Waals surface area (Å²) in [6.07, 6.45) is 0. The lowest BCUT2D eigenvalue weighted by Crippen LogP contribution is -1.98. The van der Waals surface area contributed by atoms with Crippen LogP contribution in [-0.2, 0) is 18.0 Å². The van der Waals surface area contributed by atoms with Crippen LogP contribution in [0.5, 0.6) is 11.5 Å². The van der Waals surface area contributed by atoms with Crippen LogP contribution in [0.1, 0.15) is 11.1 Å². The lowest BCUT2D eigenvalue weighted by molar-refractivity contribution is 0.102. The van der Waals surface area contributed by atoms with Gasteiger partial charge < -0.3 is 14.9 Å². The van der Waals surface area contributed by atoms with Gasteiger partial charge in [0.25, 0.3) is 0 Å². The molecular weight excluding hydrogens is 254 g/mol. The number of phenols is 2. The van der Waals surface area contributed by atoms with Crippen molar-refractivity contribution in [3.05, 3.63) is 59.2 Å². The molecule has 0 heterocycles. The van der Waals surface area contributed by atoms with Crippen LogP contribution in [0.25, 0.3) is 0 Å². The largest absolute Gasteiger partial charge is 0.508 e. The summed E-state index contributed by atoms with van der Waals surface area (Å²) in [6.45, 7) is -0.0706. The van der Waals surface area contributed by atoms with E-state index in [1.165, 1.54) is 24.3 Å². The maximum Gasteiger partial charge on any atom is 0.132 e. The molecule has 2 aromatic carbocycles.